The lowest BCUT2D eigenvalue weighted by Gasteiger charge is -2.31. The molecule has 3 aromatic rings. The van der Waals surface area contributed by atoms with Crippen molar-refractivity contribution in [3.05, 3.63) is 47.8 Å². The summed E-state index contributed by atoms with van der Waals surface area (Å²) in [6, 6.07) is 10.2. The maximum Gasteiger partial charge on any atom is 0.218 e. The fraction of sp³-hybridized carbons (Fsp3) is 0.455. The van der Waals surface area contributed by atoms with Gasteiger partial charge in [-0.25, -0.2) is 0 Å². The molecule has 0 radical (unpaired) electrons. The molecule has 0 bridgehead atoms. The van der Waals surface area contributed by atoms with E-state index in [4.69, 9.17) is 9.47 Å². The lowest BCUT2D eigenvalue weighted by molar-refractivity contribution is 0.312. The van der Waals surface area contributed by atoms with Crippen LogP contribution in [-0.4, -0.2) is 73.7 Å². The number of benzene rings is 1. The van der Waals surface area contributed by atoms with Crippen LogP contribution in [-0.2, 0) is 13.0 Å². The third-order valence-corrected chi connectivity index (χ3v) is 6.54. The molecule has 1 aromatic carbocycles. The van der Waals surface area contributed by atoms with Crippen molar-refractivity contribution in [3.8, 4) is 16.6 Å². The van der Waals surface area contributed by atoms with E-state index in [0.717, 1.165) is 67.5 Å². The average Bonchev–Trinajstić information content (AvgIpc) is 3.46. The van der Waals surface area contributed by atoms with Gasteiger partial charge in [-0.1, -0.05) is 17.4 Å². The maximum atomic E-state index is 5.39. The Morgan fingerprint density at radius 1 is 1.00 bits per heavy atom. The number of hydrogen-bond donors (Lipinski definition) is 1. The van der Waals surface area contributed by atoms with Crippen LogP contribution in [0.4, 0.5) is 5.13 Å². The topological polar surface area (TPSA) is 67.7 Å². The van der Waals surface area contributed by atoms with Crippen LogP contribution in [0.3, 0.4) is 0 Å². The van der Waals surface area contributed by atoms with Gasteiger partial charge in [0.2, 0.25) is 10.3 Å². The van der Waals surface area contributed by atoms with Crippen LogP contribution in [0.2, 0.25) is 0 Å². The Balaban J connectivity index is 1.32. The fourth-order valence-corrected chi connectivity index (χ4v) is 4.58. The van der Waals surface area contributed by atoms with Crippen LogP contribution in [0.15, 0.2) is 36.5 Å². The van der Waals surface area contributed by atoms with Gasteiger partial charge >= 0.3 is 0 Å². The Kier molecular flexibility index (Phi) is 7.06. The van der Waals surface area contributed by atoms with Crippen molar-refractivity contribution in [2.75, 3.05) is 58.9 Å². The van der Waals surface area contributed by atoms with Crippen molar-refractivity contribution < 1.29 is 9.47 Å². The van der Waals surface area contributed by atoms with Gasteiger partial charge in [-0.05, 0) is 49.8 Å². The Hall–Kier alpha value is -2.62. The smallest absolute Gasteiger partial charge is 0.218 e. The highest BCUT2D eigenvalue weighted by atomic mass is 32.1. The SMILES string of the molecule is COc1ccc(CCNCc2cccn2-c2nnc(N3CCN(C)CC3)s2)cc1OC. The lowest BCUT2D eigenvalue weighted by atomic mass is 10.1. The zero-order chi connectivity index (χ0) is 21.6. The molecule has 0 aliphatic carbocycles. The molecule has 0 amide bonds. The zero-order valence-corrected chi connectivity index (χ0v) is 19.2. The molecule has 0 atom stereocenters. The first-order chi connectivity index (χ1) is 15.2. The number of anilines is 1. The minimum Gasteiger partial charge on any atom is -0.493 e. The molecule has 1 saturated heterocycles. The Morgan fingerprint density at radius 3 is 2.55 bits per heavy atom. The Bertz CT molecular complexity index is 980. The summed E-state index contributed by atoms with van der Waals surface area (Å²) in [7, 11) is 5.48. The van der Waals surface area contributed by atoms with E-state index in [0.29, 0.717) is 0 Å². The van der Waals surface area contributed by atoms with Crippen LogP contribution < -0.4 is 19.7 Å². The molecule has 9 heteroatoms. The Labute approximate surface area is 187 Å². The molecule has 0 spiro atoms. The van der Waals surface area contributed by atoms with Gasteiger partial charge in [0.25, 0.3) is 0 Å². The predicted octanol–water partition coefficient (Wildman–Crippen LogP) is 2.43. The number of nitrogens with zero attached hydrogens (tertiary/aromatic N) is 5. The quantitative estimate of drug-likeness (QED) is 0.511. The van der Waals surface area contributed by atoms with Crippen molar-refractivity contribution in [2.24, 2.45) is 0 Å². The van der Waals surface area contributed by atoms with Gasteiger partial charge in [0.05, 0.1) is 14.2 Å². The molecule has 166 valence electrons. The number of hydrogen-bond acceptors (Lipinski definition) is 8. The standard InChI is InChI=1S/C22H30N6O2S/c1-26-11-13-27(14-12-26)21-24-25-22(31-21)28-10-4-5-18(28)16-23-9-8-17-6-7-19(29-2)20(15-17)30-3/h4-7,10,15,23H,8-9,11-14,16H2,1-3H3. The molecule has 1 aliphatic rings. The maximum absolute atomic E-state index is 5.39. The second kappa shape index (κ2) is 10.1. The molecule has 1 aliphatic heterocycles. The highest BCUT2D eigenvalue weighted by Gasteiger charge is 2.19. The van der Waals surface area contributed by atoms with E-state index >= 15 is 0 Å². The third kappa shape index (κ3) is 5.17. The number of methoxy groups -OCH3 is 2. The van der Waals surface area contributed by atoms with Gasteiger partial charge in [0, 0.05) is 44.6 Å². The third-order valence-electron chi connectivity index (χ3n) is 5.56. The van der Waals surface area contributed by atoms with E-state index in [1.165, 1.54) is 11.3 Å². The van der Waals surface area contributed by atoms with Gasteiger partial charge in [0.15, 0.2) is 11.5 Å². The van der Waals surface area contributed by atoms with E-state index in [1.807, 2.05) is 12.1 Å². The van der Waals surface area contributed by atoms with Crippen molar-refractivity contribution in [1.82, 2.24) is 25.0 Å². The number of rotatable bonds is 9. The summed E-state index contributed by atoms with van der Waals surface area (Å²) < 4.78 is 12.8. The highest BCUT2D eigenvalue weighted by molar-refractivity contribution is 7.17. The molecule has 1 fully saturated rings. The number of likely N-dealkylation sites (N-methyl/N-ethyl adjacent to an activating group) is 1. The molecule has 31 heavy (non-hydrogen) atoms. The van der Waals surface area contributed by atoms with Crippen LogP contribution in [0.1, 0.15) is 11.3 Å². The minimum atomic E-state index is 0.755. The van der Waals surface area contributed by atoms with Crippen molar-refractivity contribution in [1.29, 1.82) is 0 Å². The van der Waals surface area contributed by atoms with Crippen LogP contribution in [0.25, 0.3) is 5.13 Å². The summed E-state index contributed by atoms with van der Waals surface area (Å²) in [5.41, 5.74) is 2.38. The van der Waals surface area contributed by atoms with Crippen molar-refractivity contribution in [3.63, 3.8) is 0 Å². The first-order valence-electron chi connectivity index (χ1n) is 10.5. The van der Waals surface area contributed by atoms with Crippen LogP contribution >= 0.6 is 11.3 Å². The summed E-state index contributed by atoms with van der Waals surface area (Å²) in [4.78, 5) is 4.67. The van der Waals surface area contributed by atoms with Crippen LogP contribution in [0.5, 0.6) is 11.5 Å². The van der Waals surface area contributed by atoms with Gasteiger partial charge < -0.3 is 24.6 Å². The molecule has 4 rings (SSSR count). The van der Waals surface area contributed by atoms with Crippen molar-refractivity contribution >= 4 is 16.5 Å². The van der Waals surface area contributed by atoms with Crippen LogP contribution in [0, 0.1) is 0 Å². The molecule has 0 saturated carbocycles. The van der Waals surface area contributed by atoms with Crippen molar-refractivity contribution in [2.45, 2.75) is 13.0 Å². The fourth-order valence-electron chi connectivity index (χ4n) is 3.66. The van der Waals surface area contributed by atoms with Gasteiger partial charge in [-0.2, -0.15) is 0 Å². The lowest BCUT2D eigenvalue weighted by Crippen LogP contribution is -2.44. The molecular weight excluding hydrogens is 412 g/mol. The number of ether oxygens (including phenoxy) is 2. The minimum absolute atomic E-state index is 0.755. The molecule has 3 heterocycles. The largest absolute Gasteiger partial charge is 0.493 e. The monoisotopic (exact) mass is 442 g/mol. The Morgan fingerprint density at radius 2 is 1.77 bits per heavy atom. The van der Waals surface area contributed by atoms with Gasteiger partial charge in [-0.3, -0.25) is 4.57 Å². The second-order valence-corrected chi connectivity index (χ2v) is 8.58. The van der Waals surface area contributed by atoms with E-state index in [2.05, 4.69) is 61.3 Å². The number of piperazine rings is 1. The molecule has 0 unspecified atom stereocenters. The van der Waals surface area contributed by atoms with E-state index in [9.17, 15) is 0 Å². The van der Waals surface area contributed by atoms with E-state index < -0.39 is 0 Å². The summed E-state index contributed by atoms with van der Waals surface area (Å²) in [6.45, 7) is 5.76. The van der Waals surface area contributed by atoms with E-state index in [-0.39, 0.29) is 0 Å². The molecule has 1 N–H and O–H groups in total. The van der Waals surface area contributed by atoms with Gasteiger partial charge in [-0.15, -0.1) is 10.2 Å². The summed E-state index contributed by atoms with van der Waals surface area (Å²) in [5.74, 6) is 1.52. The summed E-state index contributed by atoms with van der Waals surface area (Å²) >= 11 is 1.65. The van der Waals surface area contributed by atoms with Gasteiger partial charge in [0.1, 0.15) is 0 Å². The summed E-state index contributed by atoms with van der Waals surface area (Å²) in [5, 5.41) is 14.3. The zero-order valence-electron chi connectivity index (χ0n) is 18.4. The molecule has 2 aromatic heterocycles. The normalized spacial score (nSPS) is 14.7. The highest BCUT2D eigenvalue weighted by Crippen LogP contribution is 2.28. The number of nitrogens with one attached hydrogen (secondary N) is 1. The molecule has 8 nitrogen and oxygen atoms in total. The second-order valence-electron chi connectivity index (χ2n) is 7.64. The first-order valence-corrected chi connectivity index (χ1v) is 11.3. The van der Waals surface area contributed by atoms with E-state index in [1.54, 1.807) is 25.6 Å². The summed E-state index contributed by atoms with van der Waals surface area (Å²) in [6.07, 6.45) is 2.97. The number of aromatic nitrogens is 3. The average molecular weight is 443 g/mol. The molecular formula is C22H30N6O2S. The predicted molar refractivity (Wildman–Crippen MR) is 124 cm³/mol. The first kappa shape index (κ1) is 21.6.